The first-order chi connectivity index (χ1) is 13.0. The van der Waals surface area contributed by atoms with Crippen LogP contribution in [0.15, 0.2) is 65.6 Å². The number of aromatic carboxylic acids is 1. The number of carbonyl (C=O) groups excluding carboxylic acids is 1. The van der Waals surface area contributed by atoms with Crippen LogP contribution in [0.4, 0.5) is 0 Å². The molecule has 6 nitrogen and oxygen atoms in total. The summed E-state index contributed by atoms with van der Waals surface area (Å²) in [7, 11) is 0. The monoisotopic (exact) mass is 358 g/mol. The number of carboxylic acid groups (broad SMARTS) is 1. The van der Waals surface area contributed by atoms with Crippen LogP contribution in [0, 0.1) is 0 Å². The molecule has 1 aromatic heterocycles. The summed E-state index contributed by atoms with van der Waals surface area (Å²) in [5, 5.41) is 11.6. The fraction of sp³-hybridized carbons (Fsp3) is 0. The third-order valence-corrected chi connectivity index (χ3v) is 4.61. The van der Waals surface area contributed by atoms with E-state index >= 15 is 0 Å². The van der Waals surface area contributed by atoms with Gasteiger partial charge in [-0.2, -0.15) is 0 Å². The Labute approximate surface area is 152 Å². The molecule has 4 N–H and O–H groups in total. The predicted octanol–water partition coefficient (Wildman–Crippen LogP) is 3.15. The Morgan fingerprint density at radius 3 is 2.26 bits per heavy atom. The number of amides is 1. The van der Waals surface area contributed by atoms with Crippen LogP contribution >= 0.6 is 0 Å². The molecule has 1 heterocycles. The molecule has 0 saturated heterocycles. The molecule has 4 rings (SSSR count). The molecule has 0 aliphatic rings. The van der Waals surface area contributed by atoms with E-state index < -0.39 is 11.9 Å². The van der Waals surface area contributed by atoms with Crippen molar-refractivity contribution in [1.82, 2.24) is 4.98 Å². The lowest BCUT2D eigenvalue weighted by Gasteiger charge is -2.10. The molecule has 0 fully saturated rings. The summed E-state index contributed by atoms with van der Waals surface area (Å²) in [6, 6.07) is 15.2. The van der Waals surface area contributed by atoms with Crippen molar-refractivity contribution in [2.45, 2.75) is 0 Å². The summed E-state index contributed by atoms with van der Waals surface area (Å²) in [6.45, 7) is 0. The summed E-state index contributed by atoms with van der Waals surface area (Å²) in [5.74, 6) is -1.57. The van der Waals surface area contributed by atoms with Crippen LogP contribution in [0.25, 0.3) is 32.7 Å². The average molecular weight is 358 g/mol. The number of primary amides is 1. The Bertz CT molecular complexity index is 1290. The van der Waals surface area contributed by atoms with E-state index in [1.54, 1.807) is 48.5 Å². The summed E-state index contributed by atoms with van der Waals surface area (Å²) >= 11 is 0. The van der Waals surface area contributed by atoms with Gasteiger partial charge in [0, 0.05) is 11.8 Å². The van der Waals surface area contributed by atoms with Crippen molar-refractivity contribution in [3.05, 3.63) is 82.3 Å². The number of H-pyrrole nitrogens is 1. The van der Waals surface area contributed by atoms with Gasteiger partial charge in [0.1, 0.15) is 0 Å². The van der Waals surface area contributed by atoms with Gasteiger partial charge in [-0.05, 0) is 57.6 Å². The normalized spacial score (nSPS) is 11.0. The van der Waals surface area contributed by atoms with E-state index in [4.69, 9.17) is 5.73 Å². The van der Waals surface area contributed by atoms with E-state index in [0.717, 1.165) is 11.1 Å². The maximum absolute atomic E-state index is 12.4. The average Bonchev–Trinajstić information content (AvgIpc) is 2.66. The van der Waals surface area contributed by atoms with E-state index in [1.165, 1.54) is 12.3 Å². The highest BCUT2D eigenvalue weighted by Crippen LogP contribution is 2.31. The van der Waals surface area contributed by atoms with Crippen molar-refractivity contribution in [3.8, 4) is 11.1 Å². The minimum atomic E-state index is -1.05. The Hall–Kier alpha value is -3.93. The maximum Gasteiger partial charge on any atom is 0.336 e. The predicted molar refractivity (Wildman–Crippen MR) is 103 cm³/mol. The zero-order valence-corrected chi connectivity index (χ0v) is 14.0. The summed E-state index contributed by atoms with van der Waals surface area (Å²) in [6.07, 6.45) is 1.49. The fourth-order valence-electron chi connectivity index (χ4n) is 3.29. The van der Waals surface area contributed by atoms with Gasteiger partial charge in [0.15, 0.2) is 0 Å². The first-order valence-electron chi connectivity index (χ1n) is 8.17. The summed E-state index contributed by atoms with van der Waals surface area (Å²) < 4.78 is 0. The molecule has 132 valence electrons. The second kappa shape index (κ2) is 6.10. The highest BCUT2D eigenvalue weighted by atomic mass is 16.4. The second-order valence-electron chi connectivity index (χ2n) is 6.20. The van der Waals surface area contributed by atoms with E-state index in [-0.39, 0.29) is 11.1 Å². The number of nitrogens with two attached hydrogens (primary N) is 1. The Kier molecular flexibility index (Phi) is 3.74. The molecular formula is C21H14N2O4. The van der Waals surface area contributed by atoms with Gasteiger partial charge < -0.3 is 15.8 Å². The number of benzene rings is 3. The Morgan fingerprint density at radius 1 is 0.889 bits per heavy atom. The van der Waals surface area contributed by atoms with Crippen LogP contribution in [0.2, 0.25) is 0 Å². The number of hydrogen-bond donors (Lipinski definition) is 3. The number of rotatable bonds is 3. The van der Waals surface area contributed by atoms with Crippen LogP contribution in [-0.2, 0) is 0 Å². The molecule has 0 spiro atoms. The molecule has 0 radical (unpaired) electrons. The highest BCUT2D eigenvalue weighted by Gasteiger charge is 2.15. The number of carboxylic acids is 1. The van der Waals surface area contributed by atoms with Gasteiger partial charge in [0.05, 0.1) is 10.9 Å². The zero-order chi connectivity index (χ0) is 19.1. The van der Waals surface area contributed by atoms with Crippen molar-refractivity contribution in [2.24, 2.45) is 5.73 Å². The molecule has 0 aliphatic carbocycles. The van der Waals surface area contributed by atoms with Crippen LogP contribution in [0.1, 0.15) is 20.7 Å². The zero-order valence-electron chi connectivity index (χ0n) is 14.0. The third-order valence-electron chi connectivity index (χ3n) is 4.61. The lowest BCUT2D eigenvalue weighted by molar-refractivity contribution is 0.0699. The lowest BCUT2D eigenvalue weighted by Crippen LogP contribution is -2.10. The maximum atomic E-state index is 12.4. The minimum absolute atomic E-state index is 0.138. The van der Waals surface area contributed by atoms with E-state index in [9.17, 15) is 19.5 Å². The molecule has 4 aromatic rings. The number of nitrogens with one attached hydrogen (secondary N) is 1. The second-order valence-corrected chi connectivity index (χ2v) is 6.20. The van der Waals surface area contributed by atoms with Gasteiger partial charge in [-0.3, -0.25) is 9.59 Å². The Morgan fingerprint density at radius 2 is 1.59 bits per heavy atom. The first-order valence-corrected chi connectivity index (χ1v) is 8.17. The molecule has 0 saturated carbocycles. The number of hydrogen-bond acceptors (Lipinski definition) is 3. The molecule has 6 heteroatoms. The molecular weight excluding hydrogens is 344 g/mol. The van der Waals surface area contributed by atoms with Crippen molar-refractivity contribution >= 4 is 33.4 Å². The SMILES string of the molecule is NC(=O)c1ccc(-c2ccc3c(C(=O)O)cc4cc[nH]c(=O)c4c3c2)cc1. The van der Waals surface area contributed by atoms with Gasteiger partial charge in [-0.1, -0.05) is 24.3 Å². The highest BCUT2D eigenvalue weighted by molar-refractivity contribution is 6.16. The number of aromatic nitrogens is 1. The van der Waals surface area contributed by atoms with Crippen molar-refractivity contribution in [2.75, 3.05) is 0 Å². The molecule has 1 amide bonds. The fourth-order valence-corrected chi connectivity index (χ4v) is 3.29. The molecule has 3 aromatic carbocycles. The van der Waals surface area contributed by atoms with E-state index in [0.29, 0.717) is 27.1 Å². The van der Waals surface area contributed by atoms with Gasteiger partial charge >= 0.3 is 5.97 Å². The smallest absolute Gasteiger partial charge is 0.336 e. The molecule has 0 bridgehead atoms. The van der Waals surface area contributed by atoms with Crippen molar-refractivity contribution in [1.29, 1.82) is 0 Å². The van der Waals surface area contributed by atoms with E-state index in [2.05, 4.69) is 4.98 Å². The number of fused-ring (bicyclic) bond motifs is 3. The summed E-state index contributed by atoms with van der Waals surface area (Å²) in [4.78, 5) is 37.9. The number of aromatic amines is 1. The molecule has 0 atom stereocenters. The quantitative estimate of drug-likeness (QED) is 0.488. The van der Waals surface area contributed by atoms with Gasteiger partial charge in [0.2, 0.25) is 5.91 Å². The largest absolute Gasteiger partial charge is 0.478 e. The minimum Gasteiger partial charge on any atom is -0.478 e. The molecule has 0 aliphatic heterocycles. The van der Waals surface area contributed by atoms with Crippen LogP contribution in [0.5, 0.6) is 0 Å². The summed E-state index contributed by atoms with van der Waals surface area (Å²) in [5.41, 5.74) is 7.14. The van der Waals surface area contributed by atoms with Crippen LogP contribution in [0.3, 0.4) is 0 Å². The third kappa shape index (κ3) is 2.73. The van der Waals surface area contributed by atoms with Gasteiger partial charge in [-0.25, -0.2) is 4.79 Å². The van der Waals surface area contributed by atoms with Crippen molar-refractivity contribution < 1.29 is 14.7 Å². The van der Waals surface area contributed by atoms with Crippen molar-refractivity contribution in [3.63, 3.8) is 0 Å². The topological polar surface area (TPSA) is 113 Å². The van der Waals surface area contributed by atoms with Gasteiger partial charge in [0.25, 0.3) is 5.56 Å². The van der Waals surface area contributed by atoms with Gasteiger partial charge in [-0.15, -0.1) is 0 Å². The lowest BCUT2D eigenvalue weighted by atomic mass is 9.94. The van der Waals surface area contributed by atoms with Crippen LogP contribution in [-0.4, -0.2) is 22.0 Å². The van der Waals surface area contributed by atoms with Crippen LogP contribution < -0.4 is 11.3 Å². The first kappa shape index (κ1) is 16.5. The molecule has 0 unspecified atom stereocenters. The standard InChI is InChI=1S/C21H14N2O4/c22-19(24)12-3-1-11(2-4-12)13-5-6-15-16(9-13)18-14(7-8-23-20(18)25)10-17(15)21(26)27/h1-10H,(H2,22,24)(H,23,25)(H,26,27). The number of carbonyl (C=O) groups is 2. The Balaban J connectivity index is 2.03. The van der Waals surface area contributed by atoms with E-state index in [1.807, 2.05) is 0 Å². The number of pyridine rings is 1. The molecule has 27 heavy (non-hydrogen) atoms.